The van der Waals surface area contributed by atoms with Crippen LogP contribution >= 0.6 is 0 Å². The predicted octanol–water partition coefficient (Wildman–Crippen LogP) is 1.19. The average molecular weight is 515 g/mol. The maximum atomic E-state index is 13.7. The molecule has 2 aliphatic heterocycles. The van der Waals surface area contributed by atoms with Crippen LogP contribution < -0.4 is 0 Å². The van der Waals surface area contributed by atoms with E-state index in [2.05, 4.69) is 0 Å². The topological polar surface area (TPSA) is 153 Å². The highest BCUT2D eigenvalue weighted by Gasteiger charge is 2.99. The molecule has 0 aromatic carbocycles. The van der Waals surface area contributed by atoms with Gasteiger partial charge in [-0.15, -0.1) is 0 Å². The fourth-order valence-corrected chi connectivity index (χ4v) is 10.5. The molecule has 198 valence electrons. The van der Waals surface area contributed by atoms with E-state index in [1.807, 2.05) is 13.8 Å². The van der Waals surface area contributed by atoms with Gasteiger partial charge in [0.15, 0.2) is 11.7 Å². The smallest absolute Gasteiger partial charge is 0.340 e. The molecule has 1 aromatic rings. The first-order valence-electron chi connectivity index (χ1n) is 12.7. The molecule has 1 aromatic heterocycles. The third kappa shape index (κ3) is 2.01. The lowest BCUT2D eigenvalue weighted by atomic mass is 9.51. The molecule has 0 amide bonds. The molecule has 2 unspecified atom stereocenters. The van der Waals surface area contributed by atoms with E-state index in [0.717, 1.165) is 7.11 Å². The summed E-state index contributed by atoms with van der Waals surface area (Å²) in [6.45, 7) is 5.38. The van der Waals surface area contributed by atoms with Crippen LogP contribution in [0.4, 0.5) is 0 Å². The van der Waals surface area contributed by atoms with Gasteiger partial charge in [0.25, 0.3) is 0 Å². The van der Waals surface area contributed by atoms with E-state index in [1.165, 1.54) is 18.6 Å². The first-order chi connectivity index (χ1) is 17.3. The van der Waals surface area contributed by atoms with Crippen LogP contribution in [0.15, 0.2) is 34.7 Å². The van der Waals surface area contributed by atoms with E-state index in [-0.39, 0.29) is 6.42 Å². The second-order valence-corrected chi connectivity index (χ2v) is 12.6. The van der Waals surface area contributed by atoms with Crippen molar-refractivity contribution >= 4 is 17.9 Å². The van der Waals surface area contributed by atoms with E-state index in [4.69, 9.17) is 18.6 Å². The van der Waals surface area contributed by atoms with Crippen molar-refractivity contribution in [3.8, 4) is 0 Å². The Hall–Kier alpha value is -2.69. The number of aliphatic hydroxyl groups is 3. The number of esters is 3. The van der Waals surface area contributed by atoms with Gasteiger partial charge in [-0.1, -0.05) is 20.8 Å². The summed E-state index contributed by atoms with van der Waals surface area (Å²) in [7, 11) is 1.16. The number of carbonyl (C=O) groups is 3. The zero-order valence-corrected chi connectivity index (χ0v) is 21.0. The molecule has 10 nitrogen and oxygen atoms in total. The minimum Gasteiger partial charge on any atom is -0.472 e. The molecule has 0 radical (unpaired) electrons. The number of fused-ring (bicyclic) bond motifs is 4. The molecule has 4 aliphatic carbocycles. The minimum atomic E-state index is -2.19. The van der Waals surface area contributed by atoms with Gasteiger partial charge >= 0.3 is 17.9 Å². The van der Waals surface area contributed by atoms with Gasteiger partial charge < -0.3 is 33.9 Å². The van der Waals surface area contributed by atoms with Crippen molar-refractivity contribution in [2.45, 2.75) is 69.0 Å². The predicted molar refractivity (Wildman–Crippen MR) is 121 cm³/mol. The summed E-state index contributed by atoms with van der Waals surface area (Å²) in [5, 5.41) is 36.0. The molecule has 4 saturated carbocycles. The van der Waals surface area contributed by atoms with Crippen molar-refractivity contribution < 1.29 is 48.3 Å². The van der Waals surface area contributed by atoms with Crippen molar-refractivity contribution in [1.82, 2.24) is 0 Å². The SMILES string of the molecule is COC(=O)C(O)[C@@H]1[C@@]2(C)[C@H]3CC[C@]4(C)C(=CC(=O)O[C@H]4c4ccoc4)[C@@]34OC(=O)[C@]3(O)C4[C@@]2(O)C[C@]13C. The highest BCUT2D eigenvalue weighted by atomic mass is 16.6. The molecule has 11 atom stereocenters. The molecule has 2 bridgehead atoms. The van der Waals surface area contributed by atoms with Crippen LogP contribution in [0.25, 0.3) is 0 Å². The standard InChI is InChI=1S/C27H30O10/c1-22-7-5-13-24(3)17(16(29)19(30)34-4)23(2)11-25(24,32)20-26(13,37-21(31)27(20,23)33)14(22)9-15(28)36-18(22)12-6-8-35-10-12/h6,8-10,13,16-18,20,29,32-33H,5,7,11H2,1-4H3/t13-,16?,17+,18+,20?,22-,23-,24-,25+,26+,27-/m1/s1. The number of rotatable bonds is 3. The first-order valence-corrected chi connectivity index (χ1v) is 12.7. The third-order valence-electron chi connectivity index (χ3n) is 11.6. The normalized spacial score (nSPS) is 53.2. The van der Waals surface area contributed by atoms with E-state index < -0.39 is 80.9 Å². The Kier molecular flexibility index (Phi) is 3.99. The summed E-state index contributed by atoms with van der Waals surface area (Å²) in [6, 6.07) is 1.72. The van der Waals surface area contributed by atoms with E-state index in [1.54, 1.807) is 13.0 Å². The van der Waals surface area contributed by atoms with Gasteiger partial charge in [-0.2, -0.15) is 0 Å². The number of methoxy groups -OCH3 is 1. The Labute approximate surface area is 212 Å². The summed E-state index contributed by atoms with van der Waals surface area (Å²) in [4.78, 5) is 39.4. The molecule has 1 saturated heterocycles. The Morgan fingerprint density at radius 2 is 1.95 bits per heavy atom. The Balaban J connectivity index is 1.50. The van der Waals surface area contributed by atoms with E-state index >= 15 is 0 Å². The zero-order chi connectivity index (χ0) is 26.6. The number of carbonyl (C=O) groups excluding carboxylic acids is 3. The molecular formula is C27H30O10. The lowest BCUT2D eigenvalue weighted by molar-refractivity contribution is -0.219. The summed E-state index contributed by atoms with van der Waals surface area (Å²) < 4.78 is 22.1. The molecule has 1 spiro atoms. The van der Waals surface area contributed by atoms with Gasteiger partial charge in [-0.25, -0.2) is 14.4 Å². The fourth-order valence-electron chi connectivity index (χ4n) is 10.5. The third-order valence-corrected chi connectivity index (χ3v) is 11.6. The monoisotopic (exact) mass is 514 g/mol. The van der Waals surface area contributed by atoms with Crippen LogP contribution in [0, 0.1) is 34.0 Å². The quantitative estimate of drug-likeness (QED) is 0.396. The van der Waals surface area contributed by atoms with Crippen LogP contribution in [0.3, 0.4) is 0 Å². The van der Waals surface area contributed by atoms with Crippen molar-refractivity contribution in [2.24, 2.45) is 34.0 Å². The number of hydrogen-bond donors (Lipinski definition) is 3. The van der Waals surface area contributed by atoms with E-state index in [9.17, 15) is 29.7 Å². The van der Waals surface area contributed by atoms with Crippen LogP contribution in [0.5, 0.6) is 0 Å². The molecular weight excluding hydrogens is 484 g/mol. The molecule has 10 heteroatoms. The molecule has 7 rings (SSSR count). The lowest BCUT2D eigenvalue weighted by Gasteiger charge is -2.56. The van der Waals surface area contributed by atoms with E-state index in [0.29, 0.717) is 24.0 Å². The molecule has 3 heterocycles. The number of hydrogen-bond acceptors (Lipinski definition) is 10. The Morgan fingerprint density at radius 3 is 2.59 bits per heavy atom. The summed E-state index contributed by atoms with van der Waals surface area (Å²) >= 11 is 0. The van der Waals surface area contributed by atoms with Gasteiger partial charge in [-0.05, 0) is 30.9 Å². The highest BCUT2D eigenvalue weighted by Crippen LogP contribution is 2.89. The van der Waals surface area contributed by atoms with Crippen molar-refractivity contribution in [3.63, 3.8) is 0 Å². The fraction of sp³-hybridized carbons (Fsp3) is 0.667. The molecule has 37 heavy (non-hydrogen) atoms. The molecule has 3 N–H and O–H groups in total. The van der Waals surface area contributed by atoms with Crippen LogP contribution in [0.2, 0.25) is 0 Å². The highest BCUT2D eigenvalue weighted by molar-refractivity contribution is 5.91. The number of ether oxygens (including phenoxy) is 3. The summed E-state index contributed by atoms with van der Waals surface area (Å²) in [5.41, 5.74) is -7.58. The zero-order valence-electron chi connectivity index (χ0n) is 21.0. The van der Waals surface area contributed by atoms with Crippen LogP contribution in [-0.2, 0) is 28.6 Å². The second kappa shape index (κ2) is 6.30. The minimum absolute atomic E-state index is 0.0106. The summed E-state index contributed by atoms with van der Waals surface area (Å²) in [6.07, 6.45) is 2.86. The van der Waals surface area contributed by atoms with Gasteiger partial charge in [-0.3, -0.25) is 0 Å². The van der Waals surface area contributed by atoms with Crippen molar-refractivity contribution in [3.05, 3.63) is 35.8 Å². The van der Waals surface area contributed by atoms with Gasteiger partial charge in [0.1, 0.15) is 11.7 Å². The Morgan fingerprint density at radius 1 is 1.22 bits per heavy atom. The van der Waals surface area contributed by atoms with Gasteiger partial charge in [0, 0.05) is 39.7 Å². The maximum Gasteiger partial charge on any atom is 0.340 e. The second-order valence-electron chi connectivity index (χ2n) is 12.6. The number of cyclic esters (lactones) is 1. The maximum absolute atomic E-state index is 13.7. The summed E-state index contributed by atoms with van der Waals surface area (Å²) in [5.74, 6) is -5.10. The van der Waals surface area contributed by atoms with Gasteiger partial charge in [0.2, 0.25) is 0 Å². The largest absolute Gasteiger partial charge is 0.472 e. The Bertz CT molecular complexity index is 1300. The number of aliphatic hydroxyl groups excluding tert-OH is 1. The first kappa shape index (κ1) is 23.4. The van der Waals surface area contributed by atoms with Crippen LogP contribution in [-0.4, -0.2) is 63.2 Å². The average Bonchev–Trinajstić information content (AvgIpc) is 3.55. The lowest BCUT2D eigenvalue weighted by Crippen LogP contribution is -2.65. The van der Waals surface area contributed by atoms with Crippen molar-refractivity contribution in [1.29, 1.82) is 0 Å². The molecule has 5 fully saturated rings. The van der Waals surface area contributed by atoms with Crippen molar-refractivity contribution in [2.75, 3.05) is 7.11 Å². The van der Waals surface area contributed by atoms with Crippen LogP contribution in [0.1, 0.15) is 51.7 Å². The number of furan rings is 1. The van der Waals surface area contributed by atoms with Gasteiger partial charge in [0.05, 0.1) is 31.2 Å². The molecule has 6 aliphatic rings.